The Bertz CT molecular complexity index is 1130. The normalized spacial score (nSPS) is 12.6. The van der Waals surface area contributed by atoms with Gasteiger partial charge in [-0.2, -0.15) is 0 Å². The molecule has 7 heteroatoms. The number of nitrogens with zero attached hydrogens (tertiary/aromatic N) is 1. The molecular formula is C29H32BrFN2O2S. The van der Waals surface area contributed by atoms with Gasteiger partial charge in [0.2, 0.25) is 11.8 Å². The Morgan fingerprint density at radius 3 is 2.31 bits per heavy atom. The van der Waals surface area contributed by atoms with Gasteiger partial charge in [-0.05, 0) is 48.2 Å². The molecule has 0 heterocycles. The Balaban J connectivity index is 1.85. The molecule has 0 saturated heterocycles. The SMILES string of the molecule is CC[C@H](C)NC(=O)[C@@H](Cc1ccccc1)N(Cc1ccc(Br)cc1)C(=O)CSCc1ccccc1F. The molecule has 2 atom stereocenters. The first-order valence-corrected chi connectivity index (χ1v) is 14.0. The van der Waals surface area contributed by atoms with Crippen molar-refractivity contribution in [3.63, 3.8) is 0 Å². The van der Waals surface area contributed by atoms with Crippen molar-refractivity contribution in [1.29, 1.82) is 0 Å². The molecule has 0 aromatic heterocycles. The zero-order chi connectivity index (χ0) is 25.9. The van der Waals surface area contributed by atoms with Gasteiger partial charge in [0.25, 0.3) is 0 Å². The van der Waals surface area contributed by atoms with Crippen molar-refractivity contribution >= 4 is 39.5 Å². The van der Waals surface area contributed by atoms with E-state index >= 15 is 0 Å². The molecule has 0 unspecified atom stereocenters. The molecule has 0 saturated carbocycles. The summed E-state index contributed by atoms with van der Waals surface area (Å²) in [6, 6.07) is 23.4. The van der Waals surface area contributed by atoms with Gasteiger partial charge >= 0.3 is 0 Å². The van der Waals surface area contributed by atoms with Crippen LogP contribution in [0.5, 0.6) is 0 Å². The fourth-order valence-corrected chi connectivity index (χ4v) is 4.89. The second kappa shape index (κ2) is 14.2. The number of thioether (sulfide) groups is 1. The number of halogens is 2. The number of carbonyl (C=O) groups is 2. The van der Waals surface area contributed by atoms with E-state index in [1.807, 2.05) is 68.4 Å². The molecule has 0 aliphatic rings. The third-order valence-corrected chi connectivity index (χ3v) is 7.47. The fourth-order valence-electron chi connectivity index (χ4n) is 3.73. The predicted molar refractivity (Wildman–Crippen MR) is 149 cm³/mol. The Morgan fingerprint density at radius 1 is 0.972 bits per heavy atom. The number of carbonyl (C=O) groups excluding carboxylic acids is 2. The Hall–Kier alpha value is -2.64. The summed E-state index contributed by atoms with van der Waals surface area (Å²) in [7, 11) is 0. The predicted octanol–water partition coefficient (Wildman–Crippen LogP) is 6.38. The molecule has 0 fully saturated rings. The van der Waals surface area contributed by atoms with Gasteiger partial charge in [-0.25, -0.2) is 4.39 Å². The lowest BCUT2D eigenvalue weighted by Crippen LogP contribution is -2.52. The maximum absolute atomic E-state index is 14.1. The third-order valence-electron chi connectivity index (χ3n) is 5.98. The summed E-state index contributed by atoms with van der Waals surface area (Å²) < 4.78 is 15.0. The van der Waals surface area contributed by atoms with Crippen LogP contribution in [-0.2, 0) is 28.3 Å². The molecule has 3 aromatic rings. The van der Waals surface area contributed by atoms with Gasteiger partial charge in [0.15, 0.2) is 0 Å². The van der Waals surface area contributed by atoms with E-state index in [0.29, 0.717) is 24.3 Å². The van der Waals surface area contributed by atoms with Crippen LogP contribution in [0.15, 0.2) is 83.3 Å². The summed E-state index contributed by atoms with van der Waals surface area (Å²) in [6.45, 7) is 4.28. The molecular weight excluding hydrogens is 539 g/mol. The van der Waals surface area contributed by atoms with Crippen LogP contribution in [0, 0.1) is 5.82 Å². The number of hydrogen-bond donors (Lipinski definition) is 1. The highest BCUT2D eigenvalue weighted by Gasteiger charge is 2.30. The topological polar surface area (TPSA) is 49.4 Å². The van der Waals surface area contributed by atoms with Gasteiger partial charge in [-0.15, -0.1) is 11.8 Å². The average Bonchev–Trinajstić information content (AvgIpc) is 2.88. The average molecular weight is 572 g/mol. The summed E-state index contributed by atoms with van der Waals surface area (Å²) in [5, 5.41) is 3.07. The Labute approximate surface area is 225 Å². The molecule has 0 aliphatic heterocycles. The Morgan fingerprint density at radius 2 is 1.64 bits per heavy atom. The Kier molecular flexibility index (Phi) is 11.0. The van der Waals surface area contributed by atoms with Gasteiger partial charge < -0.3 is 10.2 Å². The van der Waals surface area contributed by atoms with Crippen LogP contribution in [0.1, 0.15) is 37.0 Å². The standard InChI is InChI=1S/C29H32BrFN2O2S/c1-3-21(2)32-29(35)27(17-22-9-5-4-6-10-22)33(18-23-13-15-25(30)16-14-23)28(34)20-36-19-24-11-7-8-12-26(24)31/h4-16,21,27H,3,17-20H2,1-2H3,(H,32,35)/t21-,27+/m0/s1. The van der Waals surface area contributed by atoms with E-state index < -0.39 is 6.04 Å². The van der Waals surface area contributed by atoms with Crippen molar-refractivity contribution in [3.05, 3.63) is 106 Å². The quantitative estimate of drug-likeness (QED) is 0.275. The van der Waals surface area contributed by atoms with Crippen LogP contribution in [0.3, 0.4) is 0 Å². The first-order valence-electron chi connectivity index (χ1n) is 12.1. The van der Waals surface area contributed by atoms with E-state index in [2.05, 4.69) is 21.2 Å². The lowest BCUT2D eigenvalue weighted by molar-refractivity contribution is -0.139. The van der Waals surface area contributed by atoms with Gasteiger partial charge in [0, 0.05) is 29.2 Å². The minimum absolute atomic E-state index is 0.00385. The maximum Gasteiger partial charge on any atom is 0.243 e. The fraction of sp³-hybridized carbons (Fsp3) is 0.310. The zero-order valence-electron chi connectivity index (χ0n) is 20.6. The van der Waals surface area contributed by atoms with Gasteiger partial charge in [-0.3, -0.25) is 9.59 Å². The van der Waals surface area contributed by atoms with Gasteiger partial charge in [0.05, 0.1) is 5.75 Å². The molecule has 0 bridgehead atoms. The minimum atomic E-state index is -0.674. The second-order valence-corrected chi connectivity index (χ2v) is 10.7. The van der Waals surface area contributed by atoms with Crippen molar-refractivity contribution in [2.24, 2.45) is 0 Å². The number of amides is 2. The highest BCUT2D eigenvalue weighted by atomic mass is 79.9. The van der Waals surface area contributed by atoms with Crippen LogP contribution in [0.25, 0.3) is 0 Å². The number of benzene rings is 3. The van der Waals surface area contributed by atoms with E-state index in [1.165, 1.54) is 17.8 Å². The molecule has 190 valence electrons. The van der Waals surface area contributed by atoms with Crippen LogP contribution >= 0.6 is 27.7 Å². The molecule has 0 aliphatic carbocycles. The van der Waals surface area contributed by atoms with E-state index in [9.17, 15) is 14.0 Å². The van der Waals surface area contributed by atoms with E-state index in [4.69, 9.17) is 0 Å². The number of rotatable bonds is 12. The first kappa shape index (κ1) is 27.9. The third kappa shape index (κ3) is 8.49. The lowest BCUT2D eigenvalue weighted by atomic mass is 10.0. The smallest absolute Gasteiger partial charge is 0.243 e. The summed E-state index contributed by atoms with van der Waals surface area (Å²) in [5.41, 5.74) is 2.47. The zero-order valence-corrected chi connectivity index (χ0v) is 23.0. The summed E-state index contributed by atoms with van der Waals surface area (Å²) in [4.78, 5) is 28.8. The van der Waals surface area contributed by atoms with E-state index in [-0.39, 0.29) is 29.4 Å². The maximum atomic E-state index is 14.1. The molecule has 2 amide bonds. The van der Waals surface area contributed by atoms with Crippen LogP contribution < -0.4 is 5.32 Å². The van der Waals surface area contributed by atoms with Crippen molar-refractivity contribution in [1.82, 2.24) is 10.2 Å². The molecule has 4 nitrogen and oxygen atoms in total. The molecule has 3 rings (SSSR count). The lowest BCUT2D eigenvalue weighted by Gasteiger charge is -2.32. The second-order valence-electron chi connectivity index (χ2n) is 8.76. The van der Waals surface area contributed by atoms with Gasteiger partial charge in [-0.1, -0.05) is 83.5 Å². The summed E-state index contributed by atoms with van der Waals surface area (Å²) >= 11 is 4.81. The number of hydrogen-bond acceptors (Lipinski definition) is 3. The first-order chi connectivity index (χ1) is 17.4. The van der Waals surface area contributed by atoms with Crippen LogP contribution in [0.4, 0.5) is 4.39 Å². The summed E-state index contributed by atoms with van der Waals surface area (Å²) in [6.07, 6.45) is 1.20. The molecule has 0 spiro atoms. The molecule has 36 heavy (non-hydrogen) atoms. The van der Waals surface area contributed by atoms with Crippen molar-refractivity contribution < 1.29 is 14.0 Å². The van der Waals surface area contributed by atoms with Crippen molar-refractivity contribution in [3.8, 4) is 0 Å². The van der Waals surface area contributed by atoms with Crippen molar-refractivity contribution in [2.45, 2.75) is 51.1 Å². The van der Waals surface area contributed by atoms with Crippen molar-refractivity contribution in [2.75, 3.05) is 5.75 Å². The molecule has 0 radical (unpaired) electrons. The van der Waals surface area contributed by atoms with Crippen LogP contribution in [-0.4, -0.2) is 34.6 Å². The minimum Gasteiger partial charge on any atom is -0.352 e. The van der Waals surface area contributed by atoms with E-state index in [1.54, 1.807) is 23.1 Å². The highest BCUT2D eigenvalue weighted by Crippen LogP contribution is 2.20. The monoisotopic (exact) mass is 570 g/mol. The summed E-state index contributed by atoms with van der Waals surface area (Å²) in [5.74, 6) is -0.0731. The van der Waals surface area contributed by atoms with Crippen LogP contribution in [0.2, 0.25) is 0 Å². The largest absolute Gasteiger partial charge is 0.352 e. The van der Waals surface area contributed by atoms with E-state index in [0.717, 1.165) is 22.0 Å². The molecule has 1 N–H and O–H groups in total. The highest BCUT2D eigenvalue weighted by molar-refractivity contribution is 9.10. The van der Waals surface area contributed by atoms with Gasteiger partial charge in [0.1, 0.15) is 11.9 Å². The number of nitrogens with one attached hydrogen (secondary N) is 1. The molecule has 3 aromatic carbocycles.